The molecule has 30 heavy (non-hydrogen) atoms. The largest absolute Gasteiger partial charge is 0.278 e. The summed E-state index contributed by atoms with van der Waals surface area (Å²) in [7, 11) is 0. The van der Waals surface area contributed by atoms with Crippen LogP contribution in [-0.2, 0) is 5.41 Å². The Bertz CT molecular complexity index is 1180. The van der Waals surface area contributed by atoms with Crippen LogP contribution in [0, 0.1) is 0 Å². The van der Waals surface area contributed by atoms with Gasteiger partial charge in [-0.05, 0) is 34.4 Å². The first-order valence-corrected chi connectivity index (χ1v) is 10.3. The number of hydrazone groups is 1. The van der Waals surface area contributed by atoms with Crippen LogP contribution in [-0.4, -0.2) is 5.71 Å². The second-order valence-corrected chi connectivity index (χ2v) is 8.24. The third kappa shape index (κ3) is 3.11. The molecule has 0 aromatic heterocycles. The van der Waals surface area contributed by atoms with E-state index in [0.29, 0.717) is 0 Å². The number of hydrogen-bond acceptors (Lipinski definition) is 2. The Labute approximate surface area is 177 Å². The maximum atomic E-state index is 4.82. The lowest BCUT2D eigenvalue weighted by Crippen LogP contribution is -2.15. The van der Waals surface area contributed by atoms with Crippen molar-refractivity contribution in [2.24, 2.45) is 5.10 Å². The predicted molar refractivity (Wildman–Crippen MR) is 126 cm³/mol. The van der Waals surface area contributed by atoms with Crippen molar-refractivity contribution in [3.05, 3.63) is 125 Å². The van der Waals surface area contributed by atoms with E-state index in [4.69, 9.17) is 5.10 Å². The van der Waals surface area contributed by atoms with E-state index in [0.717, 1.165) is 22.5 Å². The van der Waals surface area contributed by atoms with Gasteiger partial charge in [0.15, 0.2) is 0 Å². The van der Waals surface area contributed by atoms with E-state index in [1.165, 1.54) is 22.3 Å². The summed E-state index contributed by atoms with van der Waals surface area (Å²) in [5.41, 5.74) is 12.8. The highest BCUT2D eigenvalue weighted by Crippen LogP contribution is 2.49. The summed E-state index contributed by atoms with van der Waals surface area (Å²) in [4.78, 5) is 0. The average Bonchev–Trinajstić information content (AvgIpc) is 3.02. The maximum Gasteiger partial charge on any atom is 0.0977 e. The Morgan fingerprint density at radius 3 is 1.87 bits per heavy atom. The zero-order valence-electron chi connectivity index (χ0n) is 17.3. The highest BCUT2D eigenvalue weighted by Gasteiger charge is 2.35. The van der Waals surface area contributed by atoms with Crippen LogP contribution in [0.5, 0.6) is 0 Å². The van der Waals surface area contributed by atoms with Crippen molar-refractivity contribution in [1.82, 2.24) is 0 Å². The summed E-state index contributed by atoms with van der Waals surface area (Å²) >= 11 is 0. The molecule has 4 aromatic carbocycles. The van der Waals surface area contributed by atoms with Crippen LogP contribution in [0.25, 0.3) is 11.1 Å². The van der Waals surface area contributed by atoms with E-state index < -0.39 is 0 Å². The molecule has 0 heterocycles. The fraction of sp³-hybridized carbons (Fsp3) is 0.107. The summed E-state index contributed by atoms with van der Waals surface area (Å²) < 4.78 is 0. The van der Waals surface area contributed by atoms with E-state index in [9.17, 15) is 0 Å². The minimum atomic E-state index is -0.0188. The number of benzene rings is 4. The van der Waals surface area contributed by atoms with Gasteiger partial charge in [-0.3, -0.25) is 5.43 Å². The van der Waals surface area contributed by atoms with Gasteiger partial charge in [-0.25, -0.2) is 0 Å². The minimum Gasteiger partial charge on any atom is -0.278 e. The molecule has 2 nitrogen and oxygen atoms in total. The summed E-state index contributed by atoms with van der Waals surface area (Å²) in [6.45, 7) is 4.59. The number of rotatable bonds is 4. The van der Waals surface area contributed by atoms with Crippen LogP contribution in [0.1, 0.15) is 36.1 Å². The van der Waals surface area contributed by atoms with Gasteiger partial charge in [0.1, 0.15) is 0 Å². The third-order valence-corrected chi connectivity index (χ3v) is 5.97. The second-order valence-electron chi connectivity index (χ2n) is 8.24. The van der Waals surface area contributed by atoms with Crippen molar-refractivity contribution < 1.29 is 0 Å². The first-order chi connectivity index (χ1) is 14.6. The molecule has 0 amide bonds. The number of hydrogen-bond donors (Lipinski definition) is 1. The molecule has 0 bridgehead atoms. The van der Waals surface area contributed by atoms with Crippen molar-refractivity contribution in [3.8, 4) is 11.1 Å². The van der Waals surface area contributed by atoms with Crippen molar-refractivity contribution >= 4 is 11.4 Å². The first-order valence-electron chi connectivity index (χ1n) is 10.3. The van der Waals surface area contributed by atoms with Gasteiger partial charge in [-0.2, -0.15) is 5.10 Å². The van der Waals surface area contributed by atoms with Crippen LogP contribution in [0.3, 0.4) is 0 Å². The Balaban J connectivity index is 1.53. The van der Waals surface area contributed by atoms with Gasteiger partial charge in [0.05, 0.1) is 11.4 Å². The van der Waals surface area contributed by atoms with Gasteiger partial charge in [-0.1, -0.05) is 105 Å². The Morgan fingerprint density at radius 2 is 1.20 bits per heavy atom. The fourth-order valence-corrected chi connectivity index (χ4v) is 4.38. The Morgan fingerprint density at radius 1 is 0.633 bits per heavy atom. The monoisotopic (exact) mass is 388 g/mol. The topological polar surface area (TPSA) is 24.4 Å². The lowest BCUT2D eigenvalue weighted by molar-refractivity contribution is 0.660. The van der Waals surface area contributed by atoms with E-state index in [-0.39, 0.29) is 5.41 Å². The second kappa shape index (κ2) is 7.31. The van der Waals surface area contributed by atoms with Crippen LogP contribution < -0.4 is 5.43 Å². The van der Waals surface area contributed by atoms with Crippen LogP contribution in [0.15, 0.2) is 108 Å². The molecule has 5 rings (SSSR count). The van der Waals surface area contributed by atoms with Gasteiger partial charge >= 0.3 is 0 Å². The predicted octanol–water partition coefficient (Wildman–Crippen LogP) is 6.86. The van der Waals surface area contributed by atoms with Crippen molar-refractivity contribution in [1.29, 1.82) is 0 Å². The molecule has 0 unspecified atom stereocenters. The number of nitrogens with zero attached hydrogens (tertiary/aromatic N) is 1. The van der Waals surface area contributed by atoms with Crippen molar-refractivity contribution in [2.45, 2.75) is 19.3 Å². The fourth-order valence-electron chi connectivity index (χ4n) is 4.38. The molecule has 0 fully saturated rings. The molecule has 2 heteroatoms. The minimum absolute atomic E-state index is 0.0188. The lowest BCUT2D eigenvalue weighted by atomic mass is 9.82. The summed E-state index contributed by atoms with van der Waals surface area (Å²) in [5, 5.41) is 4.82. The number of anilines is 1. The molecular weight excluding hydrogens is 364 g/mol. The number of nitrogens with one attached hydrogen (secondary N) is 1. The quantitative estimate of drug-likeness (QED) is 0.300. The molecular formula is C28H24N2. The molecule has 0 atom stereocenters. The van der Waals surface area contributed by atoms with E-state index >= 15 is 0 Å². The van der Waals surface area contributed by atoms with Gasteiger partial charge in [0.25, 0.3) is 0 Å². The lowest BCUT2D eigenvalue weighted by Gasteiger charge is -2.21. The third-order valence-electron chi connectivity index (χ3n) is 5.97. The molecule has 0 saturated carbocycles. The van der Waals surface area contributed by atoms with Crippen LogP contribution >= 0.6 is 0 Å². The zero-order valence-corrected chi connectivity index (χ0v) is 17.3. The van der Waals surface area contributed by atoms with Gasteiger partial charge in [0.2, 0.25) is 0 Å². The SMILES string of the molecule is CC1(C)c2ccccc2-c2ccc(NN=C(c3ccccc3)c3ccccc3)cc21. The molecule has 0 spiro atoms. The molecule has 1 aliphatic rings. The molecule has 0 aliphatic heterocycles. The highest BCUT2D eigenvalue weighted by molar-refractivity contribution is 6.13. The first kappa shape index (κ1) is 18.4. The average molecular weight is 389 g/mol. The van der Waals surface area contributed by atoms with Gasteiger partial charge < -0.3 is 0 Å². The smallest absolute Gasteiger partial charge is 0.0977 e. The molecule has 4 aromatic rings. The summed E-state index contributed by atoms with van der Waals surface area (Å²) in [6.07, 6.45) is 0. The van der Waals surface area contributed by atoms with Crippen LogP contribution in [0.4, 0.5) is 5.69 Å². The standard InChI is InChI=1S/C28H24N2/c1-28(2)25-16-10-9-15-23(25)24-18-17-22(19-26(24)28)29-30-27(20-11-5-3-6-12-20)21-13-7-4-8-14-21/h3-19,29H,1-2H3. The summed E-state index contributed by atoms with van der Waals surface area (Å²) in [5.74, 6) is 0. The van der Waals surface area contributed by atoms with Crippen LogP contribution in [0.2, 0.25) is 0 Å². The maximum absolute atomic E-state index is 4.82. The summed E-state index contributed by atoms with van der Waals surface area (Å²) in [6, 6.07) is 35.9. The number of fused-ring (bicyclic) bond motifs is 3. The molecule has 0 saturated heterocycles. The Kier molecular flexibility index (Phi) is 4.48. The molecule has 146 valence electrons. The van der Waals surface area contributed by atoms with Gasteiger partial charge in [-0.15, -0.1) is 0 Å². The van der Waals surface area contributed by atoms with E-state index in [2.05, 4.69) is 86.0 Å². The van der Waals surface area contributed by atoms with Gasteiger partial charge in [0, 0.05) is 16.5 Å². The van der Waals surface area contributed by atoms with Crippen molar-refractivity contribution in [3.63, 3.8) is 0 Å². The normalized spacial score (nSPS) is 13.3. The molecule has 1 aliphatic carbocycles. The van der Waals surface area contributed by atoms with E-state index in [1.54, 1.807) is 0 Å². The Hall–Kier alpha value is -3.65. The van der Waals surface area contributed by atoms with Crippen molar-refractivity contribution in [2.75, 3.05) is 5.43 Å². The highest BCUT2D eigenvalue weighted by atomic mass is 15.3. The zero-order chi connectivity index (χ0) is 20.6. The van der Waals surface area contributed by atoms with E-state index in [1.807, 2.05) is 36.4 Å². The molecule has 1 N–H and O–H groups in total. The molecule has 0 radical (unpaired) electrons.